The molecular formula is C20H18F2N2O3S. The third-order valence-corrected chi connectivity index (χ3v) is 5.15. The predicted octanol–water partition coefficient (Wildman–Crippen LogP) is 3.86. The molecule has 5 nitrogen and oxygen atoms in total. The van der Waals surface area contributed by atoms with Gasteiger partial charge in [0, 0.05) is 12.7 Å². The first-order valence-corrected chi connectivity index (χ1v) is 9.52. The van der Waals surface area contributed by atoms with Gasteiger partial charge >= 0.3 is 0 Å². The summed E-state index contributed by atoms with van der Waals surface area (Å²) in [7, 11) is 1.54. The van der Waals surface area contributed by atoms with Crippen LogP contribution < -0.4 is 5.56 Å². The summed E-state index contributed by atoms with van der Waals surface area (Å²) in [5.41, 5.74) is 0.361. The summed E-state index contributed by atoms with van der Waals surface area (Å²) >= 11 is 1.07. The SMILES string of the molecule is COC[C@@H](C)n1c(SCC(=O)c2ccc(F)c(F)c2)nc2ccccc2c1=O. The highest BCUT2D eigenvalue weighted by Crippen LogP contribution is 2.22. The Hall–Kier alpha value is -2.58. The maximum atomic E-state index is 13.4. The van der Waals surface area contributed by atoms with Crippen molar-refractivity contribution in [1.29, 1.82) is 0 Å². The molecule has 1 aromatic heterocycles. The topological polar surface area (TPSA) is 61.2 Å². The zero-order valence-electron chi connectivity index (χ0n) is 15.3. The summed E-state index contributed by atoms with van der Waals surface area (Å²) in [6.07, 6.45) is 0. The predicted molar refractivity (Wildman–Crippen MR) is 104 cm³/mol. The number of nitrogens with zero attached hydrogens (tertiary/aromatic N) is 2. The highest BCUT2D eigenvalue weighted by molar-refractivity contribution is 7.99. The van der Waals surface area contributed by atoms with Crippen molar-refractivity contribution in [3.63, 3.8) is 0 Å². The number of carbonyl (C=O) groups is 1. The molecule has 1 heterocycles. The summed E-state index contributed by atoms with van der Waals surface area (Å²) in [6.45, 7) is 2.12. The minimum Gasteiger partial charge on any atom is -0.383 e. The van der Waals surface area contributed by atoms with Gasteiger partial charge in [-0.1, -0.05) is 23.9 Å². The van der Waals surface area contributed by atoms with Gasteiger partial charge in [-0.2, -0.15) is 0 Å². The van der Waals surface area contributed by atoms with E-state index in [1.54, 1.807) is 24.3 Å². The summed E-state index contributed by atoms with van der Waals surface area (Å²) in [5.74, 6) is -2.56. The van der Waals surface area contributed by atoms with Crippen molar-refractivity contribution in [3.05, 3.63) is 70.0 Å². The van der Waals surface area contributed by atoms with Crippen LogP contribution in [0.3, 0.4) is 0 Å². The second-order valence-electron chi connectivity index (χ2n) is 6.23. The maximum absolute atomic E-state index is 13.4. The molecule has 0 fully saturated rings. The first-order chi connectivity index (χ1) is 13.4. The van der Waals surface area contributed by atoms with E-state index in [9.17, 15) is 18.4 Å². The lowest BCUT2D eigenvalue weighted by atomic mass is 10.1. The average Bonchev–Trinajstić information content (AvgIpc) is 2.68. The van der Waals surface area contributed by atoms with Gasteiger partial charge in [-0.25, -0.2) is 13.8 Å². The molecule has 2 aromatic carbocycles. The molecule has 0 aliphatic carbocycles. The number of methoxy groups -OCH3 is 1. The number of hydrogen-bond donors (Lipinski definition) is 0. The van der Waals surface area contributed by atoms with E-state index in [4.69, 9.17) is 4.74 Å². The number of halogens is 2. The third kappa shape index (κ3) is 4.13. The van der Waals surface area contributed by atoms with Crippen LogP contribution >= 0.6 is 11.8 Å². The second kappa shape index (κ2) is 8.62. The van der Waals surface area contributed by atoms with E-state index in [1.807, 2.05) is 6.92 Å². The first-order valence-electron chi connectivity index (χ1n) is 8.53. The highest BCUT2D eigenvalue weighted by Gasteiger charge is 2.18. The molecule has 0 spiro atoms. The van der Waals surface area contributed by atoms with Crippen molar-refractivity contribution in [2.45, 2.75) is 18.1 Å². The summed E-state index contributed by atoms with van der Waals surface area (Å²) in [6, 6.07) is 9.68. The van der Waals surface area contributed by atoms with Gasteiger partial charge in [0.15, 0.2) is 22.6 Å². The standard InChI is InChI=1S/C20H18F2N2O3S/c1-12(10-27-2)24-19(26)14-5-3-4-6-17(14)23-20(24)28-11-18(25)13-7-8-15(21)16(22)9-13/h3-9,12H,10-11H2,1-2H3/t12-/m1/s1. The van der Waals surface area contributed by atoms with Crippen molar-refractivity contribution < 1.29 is 18.3 Å². The fourth-order valence-corrected chi connectivity index (χ4v) is 3.81. The van der Waals surface area contributed by atoms with Crippen LogP contribution in [-0.4, -0.2) is 34.8 Å². The molecule has 0 unspecified atom stereocenters. The first kappa shape index (κ1) is 20.2. The van der Waals surface area contributed by atoms with Crippen LogP contribution in [0.15, 0.2) is 52.4 Å². The van der Waals surface area contributed by atoms with Crippen LogP contribution in [0.2, 0.25) is 0 Å². The number of ketones is 1. The number of benzene rings is 2. The van der Waals surface area contributed by atoms with Gasteiger partial charge in [0.25, 0.3) is 5.56 Å². The average molecular weight is 404 g/mol. The monoisotopic (exact) mass is 404 g/mol. The van der Waals surface area contributed by atoms with Crippen molar-refractivity contribution in [1.82, 2.24) is 9.55 Å². The maximum Gasteiger partial charge on any atom is 0.262 e. The fourth-order valence-electron chi connectivity index (χ4n) is 2.81. The van der Waals surface area contributed by atoms with Crippen LogP contribution in [0.25, 0.3) is 10.9 Å². The second-order valence-corrected chi connectivity index (χ2v) is 7.17. The number of Topliss-reactive ketones (excluding diaryl/α,β-unsaturated/α-hetero) is 1. The number of aromatic nitrogens is 2. The normalized spacial score (nSPS) is 12.3. The highest BCUT2D eigenvalue weighted by atomic mass is 32.2. The molecule has 28 heavy (non-hydrogen) atoms. The van der Waals surface area contributed by atoms with E-state index in [-0.39, 0.29) is 22.9 Å². The molecule has 3 rings (SSSR count). The van der Waals surface area contributed by atoms with Gasteiger partial charge in [0.05, 0.1) is 29.3 Å². The molecular weight excluding hydrogens is 386 g/mol. The summed E-state index contributed by atoms with van der Waals surface area (Å²) in [4.78, 5) is 29.8. The van der Waals surface area contributed by atoms with Crippen molar-refractivity contribution in [3.8, 4) is 0 Å². The van der Waals surface area contributed by atoms with E-state index in [1.165, 1.54) is 17.7 Å². The number of thioether (sulfide) groups is 1. The number of rotatable bonds is 7. The van der Waals surface area contributed by atoms with Gasteiger partial charge in [-0.15, -0.1) is 0 Å². The van der Waals surface area contributed by atoms with Crippen molar-refractivity contribution in [2.75, 3.05) is 19.5 Å². The molecule has 0 saturated carbocycles. The Morgan fingerprint density at radius 2 is 1.96 bits per heavy atom. The Labute approximate surface area is 164 Å². The Morgan fingerprint density at radius 1 is 1.21 bits per heavy atom. The number of carbonyl (C=O) groups excluding carboxylic acids is 1. The van der Waals surface area contributed by atoms with Gasteiger partial charge < -0.3 is 4.74 Å². The van der Waals surface area contributed by atoms with E-state index in [0.717, 1.165) is 23.9 Å². The molecule has 0 saturated heterocycles. The Kier molecular flexibility index (Phi) is 6.21. The Bertz CT molecular complexity index is 1080. The summed E-state index contributed by atoms with van der Waals surface area (Å²) < 4.78 is 33.1. The van der Waals surface area contributed by atoms with Crippen molar-refractivity contribution >= 4 is 28.4 Å². The quantitative estimate of drug-likeness (QED) is 0.340. The van der Waals surface area contributed by atoms with Gasteiger partial charge in [-0.05, 0) is 37.3 Å². The molecule has 8 heteroatoms. The Morgan fingerprint density at radius 3 is 2.68 bits per heavy atom. The van der Waals surface area contributed by atoms with E-state index in [0.29, 0.717) is 22.7 Å². The molecule has 1 atom stereocenters. The number of fused-ring (bicyclic) bond motifs is 1. The zero-order valence-corrected chi connectivity index (χ0v) is 16.1. The van der Waals surface area contributed by atoms with E-state index < -0.39 is 17.4 Å². The fraction of sp³-hybridized carbons (Fsp3) is 0.250. The molecule has 0 amide bonds. The number of para-hydroxylation sites is 1. The smallest absolute Gasteiger partial charge is 0.262 e. The van der Waals surface area contributed by atoms with Crippen LogP contribution in [0.1, 0.15) is 23.3 Å². The summed E-state index contributed by atoms with van der Waals surface area (Å²) in [5, 5.41) is 0.839. The molecule has 0 aliphatic rings. The molecule has 0 bridgehead atoms. The molecule has 0 N–H and O–H groups in total. The van der Waals surface area contributed by atoms with Gasteiger partial charge in [-0.3, -0.25) is 14.2 Å². The van der Waals surface area contributed by atoms with Crippen LogP contribution in [-0.2, 0) is 4.74 Å². The lowest BCUT2D eigenvalue weighted by Crippen LogP contribution is -2.28. The molecule has 3 aromatic rings. The largest absolute Gasteiger partial charge is 0.383 e. The minimum absolute atomic E-state index is 0.0611. The number of hydrogen-bond acceptors (Lipinski definition) is 5. The van der Waals surface area contributed by atoms with Crippen LogP contribution in [0, 0.1) is 11.6 Å². The van der Waals surface area contributed by atoms with E-state index >= 15 is 0 Å². The van der Waals surface area contributed by atoms with Crippen LogP contribution in [0.4, 0.5) is 8.78 Å². The number of ether oxygens (including phenoxy) is 1. The molecule has 0 radical (unpaired) electrons. The van der Waals surface area contributed by atoms with Crippen molar-refractivity contribution in [2.24, 2.45) is 0 Å². The zero-order chi connectivity index (χ0) is 20.3. The Balaban J connectivity index is 1.94. The third-order valence-electron chi connectivity index (χ3n) is 4.20. The van der Waals surface area contributed by atoms with Gasteiger partial charge in [0.1, 0.15) is 0 Å². The van der Waals surface area contributed by atoms with Gasteiger partial charge in [0.2, 0.25) is 0 Å². The molecule has 0 aliphatic heterocycles. The van der Waals surface area contributed by atoms with E-state index in [2.05, 4.69) is 4.98 Å². The van der Waals surface area contributed by atoms with Crippen LogP contribution in [0.5, 0.6) is 0 Å². The minimum atomic E-state index is -1.08. The lowest BCUT2D eigenvalue weighted by Gasteiger charge is -2.18. The molecule has 146 valence electrons. The lowest BCUT2D eigenvalue weighted by molar-refractivity contribution is 0.102.